The summed E-state index contributed by atoms with van der Waals surface area (Å²) >= 11 is 7.35. The molecule has 8 heteroatoms. The average molecular weight is 339 g/mol. The van der Waals surface area contributed by atoms with Crippen LogP contribution in [-0.2, 0) is 11.3 Å². The summed E-state index contributed by atoms with van der Waals surface area (Å²) in [4.78, 5) is 22.8. The maximum Gasteiger partial charge on any atom is 0.276 e. The van der Waals surface area contributed by atoms with E-state index in [0.717, 1.165) is 37.9 Å². The Morgan fingerprint density at radius 3 is 3.05 bits per heavy atom. The zero-order chi connectivity index (χ0) is 15.4. The molecule has 116 valence electrons. The monoisotopic (exact) mass is 338 g/mol. The van der Waals surface area contributed by atoms with Crippen LogP contribution < -0.4 is 5.32 Å². The van der Waals surface area contributed by atoms with Crippen molar-refractivity contribution in [3.63, 3.8) is 0 Å². The molecule has 0 aliphatic carbocycles. The zero-order valence-electron chi connectivity index (χ0n) is 11.8. The molecule has 6 nitrogen and oxygen atoms in total. The van der Waals surface area contributed by atoms with Crippen LogP contribution in [0.4, 0.5) is 5.82 Å². The van der Waals surface area contributed by atoms with Gasteiger partial charge in [0, 0.05) is 29.7 Å². The third-order valence-corrected chi connectivity index (χ3v) is 4.28. The minimum Gasteiger partial charge on any atom is -0.379 e. The first-order chi connectivity index (χ1) is 10.7. The van der Waals surface area contributed by atoms with Crippen LogP contribution in [0.25, 0.3) is 0 Å². The van der Waals surface area contributed by atoms with E-state index in [9.17, 15) is 4.79 Å². The van der Waals surface area contributed by atoms with Gasteiger partial charge in [-0.2, -0.15) is 0 Å². The number of thiazole rings is 1. The molecule has 1 aliphatic heterocycles. The van der Waals surface area contributed by atoms with Crippen molar-refractivity contribution in [2.45, 2.75) is 6.54 Å². The molecule has 0 radical (unpaired) electrons. The summed E-state index contributed by atoms with van der Waals surface area (Å²) in [5.74, 6) is 0.138. The molecule has 1 aliphatic rings. The lowest BCUT2D eigenvalue weighted by Crippen LogP contribution is -2.35. The SMILES string of the molecule is O=C(Nc1cc(Cl)ccn1)c1csc(CN2CCOCC2)n1. The van der Waals surface area contributed by atoms with Crippen LogP contribution in [0, 0.1) is 0 Å². The second-order valence-corrected chi connectivity index (χ2v) is 6.21. The van der Waals surface area contributed by atoms with Gasteiger partial charge in [-0.25, -0.2) is 9.97 Å². The third-order valence-electron chi connectivity index (χ3n) is 3.21. The lowest BCUT2D eigenvalue weighted by Gasteiger charge is -2.25. The lowest BCUT2D eigenvalue weighted by molar-refractivity contribution is 0.0341. The van der Waals surface area contributed by atoms with Gasteiger partial charge >= 0.3 is 0 Å². The van der Waals surface area contributed by atoms with E-state index in [1.165, 1.54) is 11.3 Å². The van der Waals surface area contributed by atoms with Gasteiger partial charge in [0.2, 0.25) is 0 Å². The number of amides is 1. The van der Waals surface area contributed by atoms with E-state index in [4.69, 9.17) is 16.3 Å². The highest BCUT2D eigenvalue weighted by Gasteiger charge is 2.15. The number of nitrogens with zero attached hydrogens (tertiary/aromatic N) is 3. The Morgan fingerprint density at radius 1 is 1.45 bits per heavy atom. The Labute approximate surface area is 137 Å². The second kappa shape index (κ2) is 7.15. The first kappa shape index (κ1) is 15.4. The van der Waals surface area contributed by atoms with Gasteiger partial charge < -0.3 is 10.1 Å². The fourth-order valence-corrected chi connectivity index (χ4v) is 3.07. The highest BCUT2D eigenvalue weighted by molar-refractivity contribution is 7.09. The molecule has 0 spiro atoms. The molecule has 0 unspecified atom stereocenters. The van der Waals surface area contributed by atoms with Gasteiger partial charge in [0.05, 0.1) is 19.8 Å². The van der Waals surface area contributed by atoms with E-state index in [2.05, 4.69) is 20.2 Å². The minimum atomic E-state index is -0.278. The number of nitrogens with one attached hydrogen (secondary N) is 1. The summed E-state index contributed by atoms with van der Waals surface area (Å²) < 4.78 is 5.32. The van der Waals surface area contributed by atoms with Gasteiger partial charge in [-0.1, -0.05) is 11.6 Å². The fourth-order valence-electron chi connectivity index (χ4n) is 2.09. The number of ether oxygens (including phenoxy) is 1. The molecule has 3 rings (SSSR count). The number of carbonyl (C=O) groups excluding carboxylic acids is 1. The molecular weight excluding hydrogens is 324 g/mol. The predicted molar refractivity (Wildman–Crippen MR) is 85.4 cm³/mol. The molecule has 1 saturated heterocycles. The number of morpholine rings is 1. The quantitative estimate of drug-likeness (QED) is 0.926. The van der Waals surface area contributed by atoms with Gasteiger partial charge in [0.1, 0.15) is 16.5 Å². The Balaban J connectivity index is 1.61. The lowest BCUT2D eigenvalue weighted by atomic mass is 10.4. The van der Waals surface area contributed by atoms with Crippen LogP contribution in [0.15, 0.2) is 23.7 Å². The van der Waals surface area contributed by atoms with Crippen LogP contribution in [0.3, 0.4) is 0 Å². The van der Waals surface area contributed by atoms with Crippen molar-refractivity contribution in [1.29, 1.82) is 0 Å². The average Bonchev–Trinajstić information content (AvgIpc) is 2.97. The van der Waals surface area contributed by atoms with Crippen molar-refractivity contribution in [1.82, 2.24) is 14.9 Å². The van der Waals surface area contributed by atoms with Gasteiger partial charge in [0.25, 0.3) is 5.91 Å². The molecule has 2 aromatic heterocycles. The van der Waals surface area contributed by atoms with Gasteiger partial charge in [-0.15, -0.1) is 11.3 Å². The number of carbonyl (C=O) groups is 1. The first-order valence-electron chi connectivity index (χ1n) is 6.88. The fraction of sp³-hybridized carbons (Fsp3) is 0.357. The van der Waals surface area contributed by atoms with Crippen LogP contribution in [0.1, 0.15) is 15.5 Å². The van der Waals surface area contributed by atoms with E-state index < -0.39 is 0 Å². The molecule has 0 atom stereocenters. The molecule has 1 N–H and O–H groups in total. The smallest absolute Gasteiger partial charge is 0.276 e. The number of anilines is 1. The number of hydrogen-bond donors (Lipinski definition) is 1. The van der Waals surface area contributed by atoms with Crippen molar-refractivity contribution >= 4 is 34.7 Å². The Morgan fingerprint density at radius 2 is 2.27 bits per heavy atom. The van der Waals surface area contributed by atoms with Crippen molar-refractivity contribution in [2.75, 3.05) is 31.6 Å². The Hall–Kier alpha value is -1.54. The topological polar surface area (TPSA) is 67.4 Å². The van der Waals surface area contributed by atoms with E-state index in [1.807, 2.05) is 0 Å². The van der Waals surface area contributed by atoms with E-state index >= 15 is 0 Å². The van der Waals surface area contributed by atoms with Gasteiger partial charge in [-0.3, -0.25) is 9.69 Å². The number of aromatic nitrogens is 2. The summed E-state index contributed by atoms with van der Waals surface area (Å²) in [6.45, 7) is 4.04. The minimum absolute atomic E-state index is 0.278. The van der Waals surface area contributed by atoms with Crippen molar-refractivity contribution in [3.05, 3.63) is 39.4 Å². The van der Waals surface area contributed by atoms with E-state index in [-0.39, 0.29) is 5.91 Å². The van der Waals surface area contributed by atoms with E-state index in [1.54, 1.807) is 23.7 Å². The van der Waals surface area contributed by atoms with Crippen LogP contribution in [0.5, 0.6) is 0 Å². The van der Waals surface area contributed by atoms with Crippen LogP contribution in [-0.4, -0.2) is 47.1 Å². The third kappa shape index (κ3) is 4.01. The molecule has 0 aromatic carbocycles. The van der Waals surface area contributed by atoms with E-state index in [0.29, 0.717) is 16.5 Å². The number of hydrogen-bond acceptors (Lipinski definition) is 6. The highest BCUT2D eigenvalue weighted by Crippen LogP contribution is 2.16. The van der Waals surface area contributed by atoms with Crippen molar-refractivity contribution in [3.8, 4) is 0 Å². The predicted octanol–water partition coefficient (Wildman–Crippen LogP) is 2.28. The molecular formula is C14H15ClN4O2S. The summed E-state index contributed by atoms with van der Waals surface area (Å²) in [5, 5.41) is 5.90. The molecule has 3 heterocycles. The first-order valence-corrected chi connectivity index (χ1v) is 8.14. The summed E-state index contributed by atoms with van der Waals surface area (Å²) in [5.41, 5.74) is 0.398. The second-order valence-electron chi connectivity index (χ2n) is 4.83. The van der Waals surface area contributed by atoms with Crippen LogP contribution in [0.2, 0.25) is 5.02 Å². The zero-order valence-corrected chi connectivity index (χ0v) is 13.4. The number of rotatable bonds is 4. The largest absolute Gasteiger partial charge is 0.379 e. The molecule has 1 fully saturated rings. The summed E-state index contributed by atoms with van der Waals surface area (Å²) in [7, 11) is 0. The van der Waals surface area contributed by atoms with Gasteiger partial charge in [-0.05, 0) is 12.1 Å². The number of pyridine rings is 1. The number of halogens is 1. The molecule has 2 aromatic rings. The maximum atomic E-state index is 12.1. The summed E-state index contributed by atoms with van der Waals surface area (Å²) in [6, 6.07) is 3.25. The van der Waals surface area contributed by atoms with Gasteiger partial charge in [0.15, 0.2) is 0 Å². The summed E-state index contributed by atoms with van der Waals surface area (Å²) in [6.07, 6.45) is 1.54. The normalized spacial score (nSPS) is 15.7. The molecule has 0 bridgehead atoms. The molecule has 1 amide bonds. The van der Waals surface area contributed by atoms with Crippen LogP contribution >= 0.6 is 22.9 Å². The standard InChI is InChI=1S/C14H15ClN4O2S/c15-10-1-2-16-12(7-10)18-14(20)11-9-22-13(17-11)8-19-3-5-21-6-4-19/h1-2,7,9H,3-6,8H2,(H,16,18,20). The molecule has 22 heavy (non-hydrogen) atoms. The van der Waals surface area contributed by atoms with Crippen molar-refractivity contribution < 1.29 is 9.53 Å². The van der Waals surface area contributed by atoms with Crippen molar-refractivity contribution in [2.24, 2.45) is 0 Å². The maximum absolute atomic E-state index is 12.1. The Kier molecular flexibility index (Phi) is 4.99. The Bertz CT molecular complexity index is 658. The molecule has 0 saturated carbocycles. The highest BCUT2D eigenvalue weighted by atomic mass is 35.5.